The molecule has 1 saturated carbocycles. The van der Waals surface area contributed by atoms with Gasteiger partial charge in [0.25, 0.3) is 0 Å². The topological polar surface area (TPSA) is 78.9 Å². The summed E-state index contributed by atoms with van der Waals surface area (Å²) in [6.45, 7) is 5.16. The van der Waals surface area contributed by atoms with Crippen LogP contribution in [-0.2, 0) is 11.3 Å². The average molecular weight is 376 g/mol. The molecular weight excluding hydrogens is 342 g/mol. The lowest BCUT2D eigenvalue weighted by molar-refractivity contribution is -0.138. The van der Waals surface area contributed by atoms with E-state index in [9.17, 15) is 4.79 Å². The van der Waals surface area contributed by atoms with Crippen molar-refractivity contribution in [1.82, 2.24) is 20.5 Å². The predicted octanol–water partition coefficient (Wildman–Crippen LogP) is 2.18. The van der Waals surface area contributed by atoms with Gasteiger partial charge in [-0.05, 0) is 32.3 Å². The fraction of sp³-hybridized carbons (Fsp3) is 0.650. The van der Waals surface area contributed by atoms with Gasteiger partial charge in [-0.3, -0.25) is 9.79 Å². The lowest BCUT2D eigenvalue weighted by Gasteiger charge is -2.31. The Morgan fingerprint density at radius 3 is 2.52 bits per heavy atom. The Balaban J connectivity index is 1.89. The number of nitrogens with one attached hydrogen (secondary N) is 2. The Kier molecular flexibility index (Phi) is 7.45. The Bertz CT molecular complexity index is 634. The second-order valence-corrected chi connectivity index (χ2v) is 7.64. The third-order valence-corrected chi connectivity index (χ3v) is 4.85. The minimum atomic E-state index is -0.321. The van der Waals surface area contributed by atoms with Gasteiger partial charge < -0.3 is 20.3 Å². The fourth-order valence-corrected chi connectivity index (χ4v) is 3.48. The maximum Gasteiger partial charge on any atom is 0.230 e. The number of guanidine groups is 1. The number of ether oxygens (including phenoxy) is 1. The highest BCUT2D eigenvalue weighted by atomic mass is 16.5. The Morgan fingerprint density at radius 2 is 2.00 bits per heavy atom. The summed E-state index contributed by atoms with van der Waals surface area (Å²) in [5.74, 6) is 1.52. The van der Waals surface area contributed by atoms with Crippen molar-refractivity contribution in [2.45, 2.75) is 52.2 Å². The molecular formula is C20H33N5O2. The largest absolute Gasteiger partial charge is 0.475 e. The van der Waals surface area contributed by atoms with E-state index in [2.05, 4.69) is 20.6 Å². The zero-order valence-electron chi connectivity index (χ0n) is 17.2. The van der Waals surface area contributed by atoms with Gasteiger partial charge in [-0.15, -0.1) is 0 Å². The molecule has 0 atom stereocenters. The molecule has 0 aliphatic heterocycles. The fourth-order valence-electron chi connectivity index (χ4n) is 3.48. The van der Waals surface area contributed by atoms with Gasteiger partial charge in [0.1, 0.15) is 0 Å². The van der Waals surface area contributed by atoms with Crippen LogP contribution in [0.4, 0.5) is 0 Å². The number of aromatic nitrogens is 1. The van der Waals surface area contributed by atoms with Crippen molar-refractivity contribution in [1.29, 1.82) is 0 Å². The van der Waals surface area contributed by atoms with Gasteiger partial charge in [-0.2, -0.15) is 0 Å². The van der Waals surface area contributed by atoms with E-state index in [0.29, 0.717) is 24.9 Å². The summed E-state index contributed by atoms with van der Waals surface area (Å²) in [4.78, 5) is 23.0. The van der Waals surface area contributed by atoms with Crippen LogP contribution >= 0.6 is 0 Å². The molecule has 27 heavy (non-hydrogen) atoms. The van der Waals surface area contributed by atoms with Crippen molar-refractivity contribution in [2.24, 2.45) is 10.4 Å². The van der Waals surface area contributed by atoms with E-state index in [4.69, 9.17) is 4.74 Å². The van der Waals surface area contributed by atoms with Crippen LogP contribution in [0.3, 0.4) is 0 Å². The molecule has 0 unspecified atom stereocenters. The van der Waals surface area contributed by atoms with Crippen LogP contribution in [0.15, 0.2) is 23.3 Å². The molecule has 0 aromatic carbocycles. The Hall–Kier alpha value is -2.31. The zero-order chi connectivity index (χ0) is 19.9. The molecule has 1 heterocycles. The molecule has 1 aliphatic rings. The Labute approximate surface area is 162 Å². The second-order valence-electron chi connectivity index (χ2n) is 7.64. The van der Waals surface area contributed by atoms with Gasteiger partial charge in [0.05, 0.1) is 11.5 Å². The second kappa shape index (κ2) is 9.58. The molecule has 1 fully saturated rings. The smallest absolute Gasteiger partial charge is 0.230 e. The summed E-state index contributed by atoms with van der Waals surface area (Å²) in [5.41, 5.74) is 0.715. The number of carbonyl (C=O) groups is 1. The number of hydrogen-bond donors (Lipinski definition) is 2. The first kappa shape index (κ1) is 21.0. The first-order valence-electron chi connectivity index (χ1n) is 9.64. The SMILES string of the molecule is CN=C(NCc1ccc(OC(C)C)nc1)NCC1(C(=O)N(C)C)CCCC1. The number of aliphatic imine (C=N–C) groups is 1. The van der Waals surface area contributed by atoms with Gasteiger partial charge in [0.2, 0.25) is 11.8 Å². The molecule has 1 aliphatic carbocycles. The summed E-state index contributed by atoms with van der Waals surface area (Å²) >= 11 is 0. The number of amides is 1. The lowest BCUT2D eigenvalue weighted by atomic mass is 9.84. The van der Waals surface area contributed by atoms with Crippen molar-refractivity contribution in [3.8, 4) is 5.88 Å². The first-order chi connectivity index (χ1) is 12.9. The minimum Gasteiger partial charge on any atom is -0.475 e. The normalized spacial score (nSPS) is 16.3. The molecule has 0 spiro atoms. The van der Waals surface area contributed by atoms with E-state index in [1.54, 1.807) is 18.1 Å². The molecule has 2 N–H and O–H groups in total. The van der Waals surface area contributed by atoms with Crippen LogP contribution in [0.25, 0.3) is 0 Å². The first-order valence-corrected chi connectivity index (χ1v) is 9.64. The third kappa shape index (κ3) is 5.84. The average Bonchev–Trinajstić information content (AvgIpc) is 3.12. The van der Waals surface area contributed by atoms with Gasteiger partial charge >= 0.3 is 0 Å². The molecule has 7 nitrogen and oxygen atoms in total. The molecule has 7 heteroatoms. The molecule has 1 aromatic heterocycles. The van der Waals surface area contributed by atoms with E-state index in [0.717, 1.165) is 31.2 Å². The molecule has 0 radical (unpaired) electrons. The van der Waals surface area contributed by atoms with Gasteiger partial charge in [0.15, 0.2) is 5.96 Å². The van der Waals surface area contributed by atoms with E-state index in [1.807, 2.05) is 40.1 Å². The van der Waals surface area contributed by atoms with Crippen LogP contribution in [-0.4, -0.2) is 55.5 Å². The van der Waals surface area contributed by atoms with Crippen LogP contribution < -0.4 is 15.4 Å². The molecule has 150 valence electrons. The summed E-state index contributed by atoms with van der Waals surface area (Å²) in [5, 5.41) is 6.63. The highest BCUT2D eigenvalue weighted by molar-refractivity contribution is 5.85. The number of carbonyl (C=O) groups excluding carboxylic acids is 1. The van der Waals surface area contributed by atoms with Crippen LogP contribution in [0.2, 0.25) is 0 Å². The Morgan fingerprint density at radius 1 is 1.30 bits per heavy atom. The van der Waals surface area contributed by atoms with Gasteiger partial charge in [-0.1, -0.05) is 18.9 Å². The van der Waals surface area contributed by atoms with Crippen molar-refractivity contribution in [3.05, 3.63) is 23.9 Å². The molecule has 0 saturated heterocycles. The van der Waals surface area contributed by atoms with Crippen molar-refractivity contribution >= 4 is 11.9 Å². The highest BCUT2D eigenvalue weighted by Gasteiger charge is 2.42. The maximum absolute atomic E-state index is 12.7. The minimum absolute atomic E-state index is 0.109. The number of hydrogen-bond acceptors (Lipinski definition) is 4. The van der Waals surface area contributed by atoms with Crippen LogP contribution in [0, 0.1) is 5.41 Å². The number of rotatable bonds is 7. The number of nitrogens with zero attached hydrogens (tertiary/aromatic N) is 3. The van der Waals surface area contributed by atoms with Crippen molar-refractivity contribution in [2.75, 3.05) is 27.7 Å². The van der Waals surface area contributed by atoms with Crippen LogP contribution in [0.5, 0.6) is 5.88 Å². The number of pyridine rings is 1. The maximum atomic E-state index is 12.7. The van der Waals surface area contributed by atoms with E-state index in [-0.39, 0.29) is 17.4 Å². The lowest BCUT2D eigenvalue weighted by Crippen LogP contribution is -2.49. The van der Waals surface area contributed by atoms with E-state index < -0.39 is 0 Å². The third-order valence-electron chi connectivity index (χ3n) is 4.85. The van der Waals surface area contributed by atoms with Gasteiger partial charge in [0, 0.05) is 46.5 Å². The van der Waals surface area contributed by atoms with Crippen molar-refractivity contribution in [3.63, 3.8) is 0 Å². The quantitative estimate of drug-likeness (QED) is 0.564. The summed E-state index contributed by atoms with van der Waals surface area (Å²) < 4.78 is 5.56. The highest BCUT2D eigenvalue weighted by Crippen LogP contribution is 2.38. The standard InChI is InChI=1S/C20H33N5O2/c1-15(2)27-17-9-8-16(12-22-17)13-23-19(21-3)24-14-20(10-6-7-11-20)18(26)25(4)5/h8-9,12,15H,6-7,10-11,13-14H2,1-5H3,(H2,21,23,24). The summed E-state index contributed by atoms with van der Waals surface area (Å²) in [7, 11) is 5.40. The zero-order valence-corrected chi connectivity index (χ0v) is 17.2. The van der Waals surface area contributed by atoms with Gasteiger partial charge in [-0.25, -0.2) is 4.98 Å². The summed E-state index contributed by atoms with van der Waals surface area (Å²) in [6.07, 6.45) is 5.96. The molecule has 1 aromatic rings. The predicted molar refractivity (Wildman–Crippen MR) is 108 cm³/mol. The summed E-state index contributed by atoms with van der Waals surface area (Å²) in [6, 6.07) is 3.86. The van der Waals surface area contributed by atoms with E-state index >= 15 is 0 Å². The molecule has 1 amide bonds. The van der Waals surface area contributed by atoms with Crippen molar-refractivity contribution < 1.29 is 9.53 Å². The van der Waals surface area contributed by atoms with E-state index in [1.165, 1.54) is 0 Å². The monoisotopic (exact) mass is 375 g/mol. The molecule has 2 rings (SSSR count). The van der Waals surface area contributed by atoms with Crippen LogP contribution in [0.1, 0.15) is 45.1 Å². The molecule has 0 bridgehead atoms.